The van der Waals surface area contributed by atoms with Crippen LogP contribution in [0.25, 0.3) is 0 Å². The number of nitrogens with one attached hydrogen (secondary N) is 1. The number of aryl methyl sites for hydroxylation is 1. The Bertz CT molecular complexity index is 971. The first-order chi connectivity index (χ1) is 12.8. The highest BCUT2D eigenvalue weighted by molar-refractivity contribution is 7.98. The zero-order valence-electron chi connectivity index (χ0n) is 15.0. The normalized spacial score (nSPS) is 17.2. The van der Waals surface area contributed by atoms with E-state index in [1.54, 1.807) is 24.3 Å². The largest absolute Gasteiger partial charge is 0.324 e. The molecule has 1 heterocycles. The van der Waals surface area contributed by atoms with E-state index in [9.17, 15) is 18.0 Å². The van der Waals surface area contributed by atoms with Crippen molar-refractivity contribution in [2.24, 2.45) is 0 Å². The van der Waals surface area contributed by atoms with Crippen molar-refractivity contribution in [2.45, 2.75) is 35.6 Å². The van der Waals surface area contributed by atoms with Crippen LogP contribution in [0.3, 0.4) is 0 Å². The van der Waals surface area contributed by atoms with Gasteiger partial charge in [0.05, 0.1) is 4.90 Å². The lowest BCUT2D eigenvalue weighted by atomic mass is 10.2. The number of thioether (sulfide) groups is 1. The lowest BCUT2D eigenvalue weighted by Gasteiger charge is -2.24. The van der Waals surface area contributed by atoms with Crippen LogP contribution >= 0.6 is 11.8 Å². The van der Waals surface area contributed by atoms with E-state index in [0.29, 0.717) is 5.69 Å². The van der Waals surface area contributed by atoms with Gasteiger partial charge in [-0.3, -0.25) is 9.59 Å². The molecule has 6 nitrogen and oxygen atoms in total. The van der Waals surface area contributed by atoms with E-state index >= 15 is 0 Å². The quantitative estimate of drug-likeness (QED) is 0.775. The first kappa shape index (κ1) is 19.4. The second-order valence-corrected chi connectivity index (χ2v) is 8.98. The van der Waals surface area contributed by atoms with Crippen molar-refractivity contribution in [1.29, 1.82) is 0 Å². The molecule has 0 spiro atoms. The Morgan fingerprint density at radius 2 is 1.89 bits per heavy atom. The number of sulfonamides is 1. The summed E-state index contributed by atoms with van der Waals surface area (Å²) in [6.07, 6.45) is 2.11. The van der Waals surface area contributed by atoms with Gasteiger partial charge in [0.2, 0.25) is 11.8 Å². The smallest absolute Gasteiger partial charge is 0.267 e. The average molecular weight is 405 g/mol. The Morgan fingerprint density at radius 3 is 2.56 bits per heavy atom. The maximum absolute atomic E-state index is 12.9. The molecule has 142 valence electrons. The molecule has 1 fully saturated rings. The van der Waals surface area contributed by atoms with Crippen LogP contribution in [0, 0.1) is 6.92 Å². The number of hydrogen-bond acceptors (Lipinski definition) is 5. The monoisotopic (exact) mass is 404 g/mol. The number of nitrogens with zero attached hydrogens (tertiary/aromatic N) is 1. The second-order valence-electron chi connectivity index (χ2n) is 6.28. The fraction of sp³-hybridized carbons (Fsp3) is 0.263. The molecule has 27 heavy (non-hydrogen) atoms. The fourth-order valence-corrected chi connectivity index (χ4v) is 5.01. The van der Waals surface area contributed by atoms with Crippen molar-refractivity contribution in [2.75, 3.05) is 11.6 Å². The van der Waals surface area contributed by atoms with Gasteiger partial charge in [-0.2, -0.15) is 0 Å². The number of hydrogen-bond donors (Lipinski definition) is 1. The number of amides is 2. The van der Waals surface area contributed by atoms with E-state index < -0.39 is 27.9 Å². The van der Waals surface area contributed by atoms with Gasteiger partial charge < -0.3 is 5.32 Å². The van der Waals surface area contributed by atoms with E-state index in [-0.39, 0.29) is 17.7 Å². The van der Waals surface area contributed by atoms with Crippen molar-refractivity contribution in [3.05, 3.63) is 54.1 Å². The van der Waals surface area contributed by atoms with Crippen molar-refractivity contribution < 1.29 is 18.0 Å². The first-order valence-electron chi connectivity index (χ1n) is 8.42. The second kappa shape index (κ2) is 7.74. The van der Waals surface area contributed by atoms with Crippen molar-refractivity contribution in [3.8, 4) is 0 Å². The van der Waals surface area contributed by atoms with Gasteiger partial charge in [-0.1, -0.05) is 23.8 Å². The lowest BCUT2D eigenvalue weighted by Crippen LogP contribution is -2.45. The number of carbonyl (C=O) groups excluding carboxylic acids is 2. The molecule has 2 aromatic carbocycles. The van der Waals surface area contributed by atoms with Crippen LogP contribution in [-0.2, 0) is 19.6 Å². The average Bonchev–Trinajstić information content (AvgIpc) is 3.05. The van der Waals surface area contributed by atoms with E-state index in [4.69, 9.17) is 0 Å². The zero-order chi connectivity index (χ0) is 19.6. The summed E-state index contributed by atoms with van der Waals surface area (Å²) in [6.45, 7) is 1.84. The summed E-state index contributed by atoms with van der Waals surface area (Å²) in [7, 11) is -4.09. The van der Waals surface area contributed by atoms with E-state index in [1.807, 2.05) is 25.3 Å². The SMILES string of the molecule is CSc1cccc(NC(=O)[C@H]2CCC(=O)N2S(=O)(=O)c2ccc(C)cc2)c1. The Kier molecular flexibility index (Phi) is 5.57. The third kappa shape index (κ3) is 4.01. The fourth-order valence-electron chi connectivity index (χ4n) is 2.95. The van der Waals surface area contributed by atoms with E-state index in [1.165, 1.54) is 23.9 Å². The topological polar surface area (TPSA) is 83.6 Å². The molecule has 2 aromatic rings. The van der Waals surface area contributed by atoms with Crippen molar-refractivity contribution >= 4 is 39.3 Å². The third-order valence-corrected chi connectivity index (χ3v) is 6.95. The first-order valence-corrected chi connectivity index (χ1v) is 11.1. The van der Waals surface area contributed by atoms with Crippen LogP contribution in [-0.4, -0.2) is 36.8 Å². The predicted molar refractivity (Wildman–Crippen MR) is 105 cm³/mol. The summed E-state index contributed by atoms with van der Waals surface area (Å²) in [4.78, 5) is 26.0. The molecule has 1 aliphatic rings. The van der Waals surface area contributed by atoms with Crippen LogP contribution in [0.2, 0.25) is 0 Å². The Balaban J connectivity index is 1.87. The van der Waals surface area contributed by atoms with Gasteiger partial charge >= 0.3 is 0 Å². The predicted octanol–water partition coefficient (Wildman–Crippen LogP) is 3.04. The highest BCUT2D eigenvalue weighted by Crippen LogP contribution is 2.28. The van der Waals surface area contributed by atoms with Gasteiger partial charge in [-0.15, -0.1) is 11.8 Å². The van der Waals surface area contributed by atoms with Gasteiger partial charge in [-0.05, 0) is 49.9 Å². The molecule has 0 aromatic heterocycles. The van der Waals surface area contributed by atoms with Crippen LogP contribution in [0.5, 0.6) is 0 Å². The summed E-state index contributed by atoms with van der Waals surface area (Å²) in [6, 6.07) is 12.4. The summed E-state index contributed by atoms with van der Waals surface area (Å²) >= 11 is 1.53. The van der Waals surface area contributed by atoms with Gasteiger partial charge in [0.15, 0.2) is 0 Å². The minimum atomic E-state index is -4.09. The molecule has 1 saturated heterocycles. The lowest BCUT2D eigenvalue weighted by molar-refractivity contribution is -0.128. The number of benzene rings is 2. The van der Waals surface area contributed by atoms with Crippen LogP contribution in [0.4, 0.5) is 5.69 Å². The minimum absolute atomic E-state index is 0.00512. The molecule has 2 amide bonds. The highest BCUT2D eigenvalue weighted by Gasteiger charge is 2.44. The molecule has 0 bridgehead atoms. The Morgan fingerprint density at radius 1 is 1.19 bits per heavy atom. The molecule has 0 radical (unpaired) electrons. The molecule has 8 heteroatoms. The van der Waals surface area contributed by atoms with Crippen LogP contribution < -0.4 is 5.32 Å². The van der Waals surface area contributed by atoms with Gasteiger partial charge in [0.1, 0.15) is 6.04 Å². The molecule has 1 N–H and O–H groups in total. The molecular formula is C19H20N2O4S2. The molecule has 1 aliphatic heterocycles. The third-order valence-electron chi connectivity index (χ3n) is 4.38. The molecule has 0 aliphatic carbocycles. The van der Waals surface area contributed by atoms with Crippen molar-refractivity contribution in [3.63, 3.8) is 0 Å². The zero-order valence-corrected chi connectivity index (χ0v) is 16.6. The number of carbonyl (C=O) groups is 2. The number of rotatable bonds is 5. The maximum atomic E-state index is 12.9. The Hall–Kier alpha value is -2.32. The summed E-state index contributed by atoms with van der Waals surface area (Å²) in [5.41, 5.74) is 1.48. The Labute approximate surface area is 163 Å². The van der Waals surface area contributed by atoms with E-state index in [0.717, 1.165) is 14.8 Å². The molecular weight excluding hydrogens is 384 g/mol. The number of anilines is 1. The molecule has 0 saturated carbocycles. The van der Waals surface area contributed by atoms with Crippen LogP contribution in [0.15, 0.2) is 58.3 Å². The standard InChI is InChI=1S/C19H20N2O4S2/c1-13-6-8-16(9-7-13)27(24,25)21-17(10-11-18(21)22)19(23)20-14-4-3-5-15(12-14)26-2/h3-9,12,17H,10-11H2,1-2H3,(H,20,23)/t17-/m1/s1. The highest BCUT2D eigenvalue weighted by atomic mass is 32.2. The minimum Gasteiger partial charge on any atom is -0.324 e. The summed E-state index contributed by atoms with van der Waals surface area (Å²) in [5, 5.41) is 2.73. The maximum Gasteiger partial charge on any atom is 0.267 e. The molecule has 3 rings (SSSR count). The van der Waals surface area contributed by atoms with Crippen molar-refractivity contribution in [1.82, 2.24) is 4.31 Å². The molecule has 1 atom stereocenters. The molecule has 0 unspecified atom stereocenters. The van der Waals surface area contributed by atoms with Gasteiger partial charge in [0.25, 0.3) is 10.0 Å². The van der Waals surface area contributed by atoms with Gasteiger partial charge in [-0.25, -0.2) is 12.7 Å². The summed E-state index contributed by atoms with van der Waals surface area (Å²) in [5.74, 6) is -1.07. The van der Waals surface area contributed by atoms with E-state index in [2.05, 4.69) is 5.32 Å². The summed E-state index contributed by atoms with van der Waals surface area (Å²) < 4.78 is 26.6. The van der Waals surface area contributed by atoms with Crippen LogP contribution in [0.1, 0.15) is 18.4 Å². The van der Waals surface area contributed by atoms with Gasteiger partial charge in [0, 0.05) is 17.0 Å².